The Hall–Kier alpha value is -7.62. The summed E-state index contributed by atoms with van der Waals surface area (Å²) in [4.78, 5) is 10.3. The highest BCUT2D eigenvalue weighted by atomic mass is 15.1. The molecule has 0 fully saturated rings. The van der Waals surface area contributed by atoms with Crippen LogP contribution in [0, 0.1) is 0 Å². The summed E-state index contributed by atoms with van der Waals surface area (Å²) in [7, 11) is 0. The average molecular weight is 724 g/mol. The molecule has 0 saturated heterocycles. The molecule has 0 atom stereocenters. The molecule has 0 aliphatic rings. The second-order valence-electron chi connectivity index (χ2n) is 15.0. The first-order valence-corrected chi connectivity index (χ1v) is 19.5. The van der Waals surface area contributed by atoms with Gasteiger partial charge in [0.2, 0.25) is 0 Å². The van der Waals surface area contributed by atoms with Crippen LogP contribution in [-0.2, 0) is 0 Å². The molecule has 57 heavy (non-hydrogen) atoms. The third-order valence-corrected chi connectivity index (χ3v) is 11.7. The lowest BCUT2D eigenvalue weighted by molar-refractivity contribution is 1.16. The number of benzene rings is 10. The van der Waals surface area contributed by atoms with E-state index >= 15 is 0 Å². The van der Waals surface area contributed by atoms with Gasteiger partial charge in [-0.25, -0.2) is 9.97 Å². The number of aromatic nitrogens is 3. The van der Waals surface area contributed by atoms with Crippen LogP contribution in [0.2, 0.25) is 0 Å². The SMILES string of the molecule is c1ccc2cc(-c3c4ccccc4c(-c4ccc5ccccc5c4)c4cc(-c5ccc(-c6nc7ccccc7c7nc8ccccc8n67)cc5)ccc34)ccc2c1. The van der Waals surface area contributed by atoms with Crippen LogP contribution in [0.3, 0.4) is 0 Å². The maximum Gasteiger partial charge on any atom is 0.149 e. The minimum absolute atomic E-state index is 0.882. The van der Waals surface area contributed by atoms with Crippen molar-refractivity contribution in [2.75, 3.05) is 0 Å². The summed E-state index contributed by atoms with van der Waals surface area (Å²) >= 11 is 0. The molecule has 3 nitrogen and oxygen atoms in total. The second-order valence-corrected chi connectivity index (χ2v) is 15.0. The molecule has 0 amide bonds. The molecule has 0 bridgehead atoms. The summed E-state index contributed by atoms with van der Waals surface area (Å²) in [6.07, 6.45) is 0. The highest BCUT2D eigenvalue weighted by Crippen LogP contribution is 2.46. The summed E-state index contributed by atoms with van der Waals surface area (Å²) in [5.41, 5.74) is 12.2. The monoisotopic (exact) mass is 723 g/mol. The molecule has 0 saturated carbocycles. The first-order valence-electron chi connectivity index (χ1n) is 19.5. The first-order chi connectivity index (χ1) is 28.2. The van der Waals surface area contributed by atoms with E-state index in [2.05, 4.69) is 192 Å². The minimum atomic E-state index is 0.882. The van der Waals surface area contributed by atoms with Gasteiger partial charge in [-0.3, -0.25) is 4.40 Å². The van der Waals surface area contributed by atoms with Crippen LogP contribution in [-0.4, -0.2) is 14.4 Å². The lowest BCUT2D eigenvalue weighted by Gasteiger charge is -2.19. The van der Waals surface area contributed by atoms with Gasteiger partial charge < -0.3 is 0 Å². The number of hydrogen-bond donors (Lipinski definition) is 0. The number of rotatable bonds is 4. The molecule has 12 aromatic rings. The minimum Gasteiger partial charge on any atom is -0.276 e. The van der Waals surface area contributed by atoms with Crippen LogP contribution in [0.1, 0.15) is 0 Å². The zero-order valence-electron chi connectivity index (χ0n) is 30.9. The van der Waals surface area contributed by atoms with Crippen molar-refractivity contribution < 1.29 is 0 Å². The van der Waals surface area contributed by atoms with E-state index in [1.165, 1.54) is 70.9 Å². The molecule has 0 N–H and O–H groups in total. The molecule has 0 aliphatic heterocycles. The zero-order chi connectivity index (χ0) is 37.5. The Balaban J connectivity index is 1.08. The van der Waals surface area contributed by atoms with Crippen molar-refractivity contribution in [3.63, 3.8) is 0 Å². The zero-order valence-corrected chi connectivity index (χ0v) is 30.9. The van der Waals surface area contributed by atoms with Crippen molar-refractivity contribution in [1.82, 2.24) is 14.4 Å². The molecular weight excluding hydrogens is 691 g/mol. The third-order valence-electron chi connectivity index (χ3n) is 11.7. The highest BCUT2D eigenvalue weighted by Gasteiger charge is 2.19. The summed E-state index contributed by atoms with van der Waals surface area (Å²) in [5, 5.41) is 11.0. The van der Waals surface area contributed by atoms with E-state index in [0.717, 1.165) is 44.5 Å². The van der Waals surface area contributed by atoms with Gasteiger partial charge >= 0.3 is 0 Å². The van der Waals surface area contributed by atoms with Crippen LogP contribution in [0.25, 0.3) is 115 Å². The third kappa shape index (κ3) is 4.99. The van der Waals surface area contributed by atoms with Gasteiger partial charge in [-0.15, -0.1) is 0 Å². The molecule has 0 spiro atoms. The molecule has 3 heteroatoms. The summed E-state index contributed by atoms with van der Waals surface area (Å²) in [6.45, 7) is 0. The van der Waals surface area contributed by atoms with Crippen LogP contribution < -0.4 is 0 Å². The lowest BCUT2D eigenvalue weighted by atomic mass is 9.84. The Morgan fingerprint density at radius 1 is 0.298 bits per heavy atom. The Morgan fingerprint density at radius 3 is 1.47 bits per heavy atom. The number of hydrogen-bond acceptors (Lipinski definition) is 2. The smallest absolute Gasteiger partial charge is 0.149 e. The van der Waals surface area contributed by atoms with Gasteiger partial charge in [-0.2, -0.15) is 0 Å². The second kappa shape index (κ2) is 12.5. The normalized spacial score (nSPS) is 11.9. The fourth-order valence-corrected chi connectivity index (χ4v) is 9.02. The Bertz CT molecular complexity index is 3580. The lowest BCUT2D eigenvalue weighted by Crippen LogP contribution is -1.98. The van der Waals surface area contributed by atoms with Crippen LogP contribution in [0.15, 0.2) is 200 Å². The summed E-state index contributed by atoms with van der Waals surface area (Å²) < 4.78 is 2.21. The Labute approximate surface area is 328 Å². The van der Waals surface area contributed by atoms with E-state index < -0.39 is 0 Å². The molecule has 12 rings (SSSR count). The van der Waals surface area contributed by atoms with Crippen LogP contribution in [0.4, 0.5) is 0 Å². The van der Waals surface area contributed by atoms with E-state index in [1.807, 2.05) is 12.1 Å². The van der Waals surface area contributed by atoms with Crippen molar-refractivity contribution in [2.45, 2.75) is 0 Å². The first kappa shape index (κ1) is 31.7. The number of para-hydroxylation sites is 3. The van der Waals surface area contributed by atoms with E-state index in [1.54, 1.807) is 0 Å². The number of fused-ring (bicyclic) bond motifs is 9. The van der Waals surface area contributed by atoms with Crippen LogP contribution in [0.5, 0.6) is 0 Å². The summed E-state index contributed by atoms with van der Waals surface area (Å²) in [6, 6.07) is 72.5. The van der Waals surface area contributed by atoms with Crippen LogP contribution >= 0.6 is 0 Å². The standard InChI is InChI=1S/C54H33N3/c1-3-13-38-31-41(27-23-34(38)11-1)51-43-15-5-6-16-44(43)52(42-28-24-35-12-2-4-14-39(35)32-42)47-33-40(29-30-45(47)51)36-21-25-37(26-22-36)53-55-48-18-8-7-17-46(48)54-56-49-19-9-10-20-50(49)57(53)54/h1-33H. The maximum absolute atomic E-state index is 5.22. The number of imidazole rings is 1. The fraction of sp³-hybridized carbons (Fsp3) is 0. The van der Waals surface area contributed by atoms with Crippen molar-refractivity contribution >= 4 is 70.7 Å². The van der Waals surface area contributed by atoms with Gasteiger partial charge in [0, 0.05) is 10.9 Å². The van der Waals surface area contributed by atoms with Crippen molar-refractivity contribution in [1.29, 1.82) is 0 Å². The van der Waals surface area contributed by atoms with Gasteiger partial charge in [-0.1, -0.05) is 158 Å². The van der Waals surface area contributed by atoms with Crippen molar-refractivity contribution in [2.24, 2.45) is 0 Å². The maximum atomic E-state index is 5.22. The molecular formula is C54H33N3. The Morgan fingerprint density at radius 2 is 0.789 bits per heavy atom. The number of nitrogens with zero attached hydrogens (tertiary/aromatic N) is 3. The predicted octanol–water partition coefficient (Wildman–Crippen LogP) is 14.3. The van der Waals surface area contributed by atoms with Gasteiger partial charge in [0.1, 0.15) is 11.5 Å². The summed E-state index contributed by atoms with van der Waals surface area (Å²) in [5.74, 6) is 0.882. The molecule has 10 aromatic carbocycles. The molecule has 0 aliphatic carbocycles. The van der Waals surface area contributed by atoms with Gasteiger partial charge in [0.25, 0.3) is 0 Å². The van der Waals surface area contributed by atoms with Crippen molar-refractivity contribution in [3.05, 3.63) is 200 Å². The van der Waals surface area contributed by atoms with E-state index in [9.17, 15) is 0 Å². The molecule has 264 valence electrons. The molecule has 0 radical (unpaired) electrons. The average Bonchev–Trinajstić information content (AvgIpc) is 3.68. The molecule has 0 unspecified atom stereocenters. The van der Waals surface area contributed by atoms with Gasteiger partial charge in [0.05, 0.1) is 16.6 Å². The van der Waals surface area contributed by atoms with Gasteiger partial charge in [-0.05, 0) is 119 Å². The quantitative estimate of drug-likeness (QED) is 0.169. The van der Waals surface area contributed by atoms with E-state index in [0.29, 0.717) is 0 Å². The Kier molecular flexibility index (Phi) is 6.93. The van der Waals surface area contributed by atoms with E-state index in [4.69, 9.17) is 9.97 Å². The predicted molar refractivity (Wildman–Crippen MR) is 240 cm³/mol. The van der Waals surface area contributed by atoms with E-state index in [-0.39, 0.29) is 0 Å². The largest absolute Gasteiger partial charge is 0.276 e. The molecule has 2 heterocycles. The fourth-order valence-electron chi connectivity index (χ4n) is 9.02. The topological polar surface area (TPSA) is 30.2 Å². The van der Waals surface area contributed by atoms with Gasteiger partial charge in [0.15, 0.2) is 0 Å². The van der Waals surface area contributed by atoms with Crippen molar-refractivity contribution in [3.8, 4) is 44.8 Å². The highest BCUT2D eigenvalue weighted by molar-refractivity contribution is 6.22. The molecule has 2 aromatic heterocycles.